The molecule has 8 aromatic rings. The Morgan fingerprint density at radius 1 is 0.500 bits per heavy atom. The first-order chi connectivity index (χ1) is 32.1. The quantitative estimate of drug-likeness (QED) is 0.0703. The largest absolute Gasteiger partial charge is 0.286 e. The van der Waals surface area contributed by atoms with E-state index in [1.165, 1.54) is 11.1 Å². The van der Waals surface area contributed by atoms with Crippen molar-refractivity contribution in [3.63, 3.8) is 0 Å². The minimum atomic E-state index is -0.379. The molecule has 10 rings (SSSR count). The first-order valence-corrected chi connectivity index (χ1v) is 26.1. The molecular formula is C48H32N6O4S8. The maximum Gasteiger partial charge on any atom is 0.269 e. The molecule has 0 saturated heterocycles. The second-order valence-corrected chi connectivity index (χ2v) is 22.9. The van der Waals surface area contributed by atoms with E-state index in [9.17, 15) is 20.2 Å². The SMILES string of the molecule is O=[N+]([O-])c1ccc([C@H]2SC(=Nc3ccccc3)Sc3c2sc(=S)n3-c2ccc(CCc3ccc(-n4c5c(sc4=S)[C@@H](c4ccc([N+](=O)[O-])cc4)SC(=Nc4ccccc4)S5)cc3)cc2)cc1. The Bertz CT molecular complexity index is 3070. The summed E-state index contributed by atoms with van der Waals surface area (Å²) in [4.78, 5) is 34.3. The molecule has 18 heteroatoms. The zero-order valence-corrected chi connectivity index (χ0v) is 40.7. The van der Waals surface area contributed by atoms with Crippen molar-refractivity contribution in [3.05, 3.63) is 218 Å². The second kappa shape index (κ2) is 19.4. The van der Waals surface area contributed by atoms with Gasteiger partial charge < -0.3 is 0 Å². The van der Waals surface area contributed by atoms with Gasteiger partial charge >= 0.3 is 0 Å². The van der Waals surface area contributed by atoms with E-state index in [2.05, 4.69) is 57.7 Å². The van der Waals surface area contributed by atoms with Crippen LogP contribution in [-0.4, -0.2) is 27.7 Å². The molecule has 0 aliphatic carbocycles. The Morgan fingerprint density at radius 3 is 1.21 bits per heavy atom. The molecular weight excluding hydrogens is 981 g/mol. The van der Waals surface area contributed by atoms with Crippen LogP contribution in [-0.2, 0) is 12.8 Å². The van der Waals surface area contributed by atoms with E-state index >= 15 is 0 Å². The summed E-state index contributed by atoms with van der Waals surface area (Å²) in [6.07, 6.45) is 1.68. The standard InChI is InChI=1S/C48H32N6O4S8/c55-53(56)37-25-17-31(18-26-37)39-41-43(65-45(61-39)49-33-7-3-1-4-8-33)51(47(59)63-41)35-21-13-29(14-22-35)11-12-30-15-23-36(24-16-30)52-44-42(64-48(52)60)40(32-19-27-38(28-20-32)54(57)58)62-46(66-44)50-34-9-5-2-6-10-34/h1-10,13-28,39-40H,11-12H2/t39-,40-/m1/s1. The van der Waals surface area contributed by atoms with Gasteiger partial charge in [-0.25, -0.2) is 9.98 Å². The van der Waals surface area contributed by atoms with Crippen molar-refractivity contribution in [2.75, 3.05) is 0 Å². The number of hydrogen-bond acceptors (Lipinski definition) is 14. The summed E-state index contributed by atoms with van der Waals surface area (Å²) >= 11 is 21.6. The van der Waals surface area contributed by atoms with E-state index in [1.807, 2.05) is 84.9 Å². The fourth-order valence-corrected chi connectivity index (χ4v) is 16.5. The third-order valence-corrected chi connectivity index (χ3v) is 19.0. The van der Waals surface area contributed by atoms with Crippen LogP contribution in [0.2, 0.25) is 0 Å². The molecule has 0 saturated carbocycles. The maximum atomic E-state index is 11.4. The molecule has 2 aliphatic rings. The maximum absolute atomic E-state index is 11.4. The Labute approximate surface area is 413 Å². The van der Waals surface area contributed by atoms with Crippen molar-refractivity contribution >= 4 is 126 Å². The van der Waals surface area contributed by atoms with Crippen LogP contribution < -0.4 is 0 Å². The number of non-ortho nitro benzene ring substituents is 2. The molecule has 4 heterocycles. The molecule has 0 N–H and O–H groups in total. The average Bonchev–Trinajstić information content (AvgIpc) is 3.86. The lowest BCUT2D eigenvalue weighted by Gasteiger charge is -2.24. The summed E-state index contributed by atoms with van der Waals surface area (Å²) in [6, 6.07) is 50.3. The Balaban J connectivity index is 0.886. The number of nitrogens with zero attached hydrogens (tertiary/aromatic N) is 6. The number of aromatic nitrogens is 2. The molecule has 2 aromatic heterocycles. The fourth-order valence-electron chi connectivity index (χ4n) is 7.45. The number of aryl methyl sites for hydroxylation is 2. The number of hydrogen-bond donors (Lipinski definition) is 0. The van der Waals surface area contributed by atoms with Gasteiger partial charge in [0, 0.05) is 35.6 Å². The first kappa shape index (κ1) is 44.4. The van der Waals surface area contributed by atoms with Gasteiger partial charge in [0.25, 0.3) is 11.4 Å². The number of aliphatic imine (C=N–C) groups is 2. The summed E-state index contributed by atoms with van der Waals surface area (Å²) in [6.45, 7) is 0. The van der Waals surface area contributed by atoms with Gasteiger partial charge in [0.05, 0.1) is 41.5 Å². The molecule has 6 aromatic carbocycles. The highest BCUT2D eigenvalue weighted by Gasteiger charge is 2.34. The lowest BCUT2D eigenvalue weighted by atomic mass is 10.0. The molecule has 10 nitrogen and oxygen atoms in total. The molecule has 2 aliphatic heterocycles. The van der Waals surface area contributed by atoms with E-state index in [4.69, 9.17) is 34.4 Å². The zero-order valence-electron chi connectivity index (χ0n) is 34.2. The smallest absolute Gasteiger partial charge is 0.269 e. The van der Waals surface area contributed by atoms with E-state index < -0.39 is 0 Å². The normalized spacial score (nSPS) is 16.8. The van der Waals surface area contributed by atoms with Gasteiger partial charge in [-0.2, -0.15) is 0 Å². The predicted octanol–water partition coefficient (Wildman–Crippen LogP) is 15.7. The molecule has 0 amide bonds. The second-order valence-electron chi connectivity index (χ2n) is 14.9. The highest BCUT2D eigenvalue weighted by molar-refractivity contribution is 8.40. The lowest BCUT2D eigenvalue weighted by Crippen LogP contribution is -2.09. The average molecular weight is 1010 g/mol. The number of nitro benzene ring substituents is 2. The Hall–Kier alpha value is -5.44. The summed E-state index contributed by atoms with van der Waals surface area (Å²) in [5, 5.41) is 24.6. The van der Waals surface area contributed by atoms with E-state index in [-0.39, 0.29) is 31.7 Å². The van der Waals surface area contributed by atoms with Gasteiger partial charge in [0.15, 0.2) is 7.91 Å². The number of rotatable bonds is 11. The van der Waals surface area contributed by atoms with Crippen molar-refractivity contribution in [2.24, 2.45) is 9.98 Å². The highest BCUT2D eigenvalue weighted by atomic mass is 32.2. The van der Waals surface area contributed by atoms with Crippen LogP contribution in [0.3, 0.4) is 0 Å². The Morgan fingerprint density at radius 2 is 0.864 bits per heavy atom. The number of para-hydroxylation sites is 2. The lowest BCUT2D eigenvalue weighted by molar-refractivity contribution is -0.385. The van der Waals surface area contributed by atoms with Gasteiger partial charge in [0.1, 0.15) is 18.8 Å². The third-order valence-electron chi connectivity index (χ3n) is 10.7. The summed E-state index contributed by atoms with van der Waals surface area (Å²) < 4.78 is 7.43. The van der Waals surface area contributed by atoms with Crippen molar-refractivity contribution < 1.29 is 9.85 Å². The van der Waals surface area contributed by atoms with Crippen molar-refractivity contribution in [2.45, 2.75) is 33.4 Å². The highest BCUT2D eigenvalue weighted by Crippen LogP contribution is 2.54. The van der Waals surface area contributed by atoms with Crippen molar-refractivity contribution in [1.29, 1.82) is 0 Å². The summed E-state index contributed by atoms with van der Waals surface area (Å²) in [7, 11) is 0. The van der Waals surface area contributed by atoms with E-state index in [0.717, 1.165) is 83.2 Å². The topological polar surface area (TPSA) is 121 Å². The Kier molecular flexibility index (Phi) is 13.1. The predicted molar refractivity (Wildman–Crippen MR) is 280 cm³/mol. The van der Waals surface area contributed by atoms with E-state index in [1.54, 1.807) is 94.0 Å². The van der Waals surface area contributed by atoms with Gasteiger partial charge in [0.2, 0.25) is 0 Å². The molecule has 0 bridgehead atoms. The van der Waals surface area contributed by atoms with Gasteiger partial charge in [-0.1, -0.05) is 108 Å². The monoisotopic (exact) mass is 1010 g/mol. The summed E-state index contributed by atoms with van der Waals surface area (Å²) in [5.41, 5.74) is 8.03. The molecule has 0 spiro atoms. The van der Waals surface area contributed by atoms with Crippen LogP contribution in [0, 0.1) is 28.1 Å². The fraction of sp³-hybridized carbons (Fsp3) is 0.0833. The molecule has 2 atom stereocenters. The van der Waals surface area contributed by atoms with Crippen molar-refractivity contribution in [3.8, 4) is 11.4 Å². The molecule has 0 radical (unpaired) electrons. The van der Waals surface area contributed by atoms with Crippen LogP contribution in [0.15, 0.2) is 178 Å². The number of fused-ring (bicyclic) bond motifs is 2. The van der Waals surface area contributed by atoms with Crippen LogP contribution in [0.4, 0.5) is 22.7 Å². The van der Waals surface area contributed by atoms with E-state index in [0.29, 0.717) is 0 Å². The van der Waals surface area contributed by atoms with Crippen LogP contribution >= 0.6 is 94.2 Å². The summed E-state index contributed by atoms with van der Waals surface area (Å²) in [5.74, 6) is 0. The minimum absolute atomic E-state index is 0.0525. The number of thioether (sulfide) groups is 4. The van der Waals surface area contributed by atoms with Gasteiger partial charge in [-0.05, 0) is 132 Å². The first-order valence-electron chi connectivity index (χ1n) is 20.3. The zero-order chi connectivity index (χ0) is 45.3. The number of nitro groups is 2. The van der Waals surface area contributed by atoms with Gasteiger partial charge in [-0.15, -0.1) is 22.7 Å². The molecule has 66 heavy (non-hydrogen) atoms. The van der Waals surface area contributed by atoms with Crippen LogP contribution in [0.1, 0.15) is 42.5 Å². The third kappa shape index (κ3) is 9.41. The molecule has 0 fully saturated rings. The molecule has 326 valence electrons. The number of thiazole rings is 2. The van der Waals surface area contributed by atoms with Crippen molar-refractivity contribution in [1.82, 2.24) is 9.13 Å². The van der Waals surface area contributed by atoms with Gasteiger partial charge in [-0.3, -0.25) is 29.4 Å². The molecule has 0 unspecified atom stereocenters. The van der Waals surface area contributed by atoms with Crippen LogP contribution in [0.5, 0.6) is 0 Å². The van der Waals surface area contributed by atoms with Crippen LogP contribution in [0.25, 0.3) is 11.4 Å². The minimum Gasteiger partial charge on any atom is -0.286 e. The number of benzene rings is 6.